The summed E-state index contributed by atoms with van der Waals surface area (Å²) in [6.07, 6.45) is 0. The summed E-state index contributed by atoms with van der Waals surface area (Å²) in [5.74, 6) is -0.443. The summed E-state index contributed by atoms with van der Waals surface area (Å²) < 4.78 is 38.3. The molecule has 0 fully saturated rings. The van der Waals surface area contributed by atoms with Gasteiger partial charge in [-0.2, -0.15) is 0 Å². The molecule has 2 rings (SSSR count). The van der Waals surface area contributed by atoms with Gasteiger partial charge in [-0.15, -0.1) is 0 Å². The van der Waals surface area contributed by atoms with Gasteiger partial charge in [0.1, 0.15) is 5.69 Å². The Morgan fingerprint density at radius 3 is 2.65 bits per heavy atom. The standard InChI is InChI=1S/C10H9BF3N2O/c1-15-10(17)8-5-6-3-2-4-7(9(6)16-8)11(12,13)14/h2-5,16H,1H3,(H,15,17)/q-1. The van der Waals surface area contributed by atoms with E-state index in [0.717, 1.165) is 6.07 Å². The molecule has 1 amide bonds. The van der Waals surface area contributed by atoms with Crippen molar-refractivity contribution in [1.29, 1.82) is 0 Å². The number of halogens is 3. The highest BCUT2D eigenvalue weighted by Crippen LogP contribution is 2.19. The maximum absolute atomic E-state index is 12.8. The van der Waals surface area contributed by atoms with E-state index in [2.05, 4.69) is 10.3 Å². The molecule has 3 nitrogen and oxygen atoms in total. The summed E-state index contributed by atoms with van der Waals surface area (Å²) in [4.78, 5) is 13.8. The number of carbonyl (C=O) groups is 1. The van der Waals surface area contributed by atoms with Crippen LogP contribution in [0.4, 0.5) is 12.9 Å². The number of carbonyl (C=O) groups excluding carboxylic acids is 1. The van der Waals surface area contributed by atoms with Crippen LogP contribution in [-0.4, -0.2) is 24.9 Å². The van der Waals surface area contributed by atoms with Crippen LogP contribution in [0.2, 0.25) is 0 Å². The van der Waals surface area contributed by atoms with Crippen molar-refractivity contribution >= 4 is 29.3 Å². The number of para-hydroxylation sites is 1. The molecule has 2 aromatic rings. The van der Waals surface area contributed by atoms with E-state index in [4.69, 9.17) is 0 Å². The van der Waals surface area contributed by atoms with Gasteiger partial charge in [-0.25, -0.2) is 0 Å². The lowest BCUT2D eigenvalue weighted by molar-refractivity contribution is 0.0959. The van der Waals surface area contributed by atoms with E-state index in [-0.39, 0.29) is 11.2 Å². The van der Waals surface area contributed by atoms with Crippen molar-refractivity contribution in [1.82, 2.24) is 10.3 Å². The lowest BCUT2D eigenvalue weighted by atomic mass is 9.79. The summed E-state index contributed by atoms with van der Waals surface area (Å²) in [5, 5.41) is 2.73. The molecular weight excluding hydrogens is 232 g/mol. The second kappa shape index (κ2) is 3.83. The van der Waals surface area contributed by atoms with Crippen molar-refractivity contribution in [3.05, 3.63) is 30.0 Å². The third kappa shape index (κ3) is 2.00. The Kier molecular flexibility index (Phi) is 2.61. The van der Waals surface area contributed by atoms with Crippen LogP contribution in [0.25, 0.3) is 10.9 Å². The molecule has 1 aromatic heterocycles. The summed E-state index contributed by atoms with van der Waals surface area (Å²) in [6.45, 7) is -5.09. The molecule has 1 heterocycles. The van der Waals surface area contributed by atoms with Gasteiger partial charge in [-0.1, -0.05) is 23.7 Å². The first kappa shape index (κ1) is 11.6. The normalized spacial score (nSPS) is 11.8. The first-order valence-corrected chi connectivity index (χ1v) is 4.97. The maximum Gasteiger partial charge on any atom is 0.511 e. The first-order valence-electron chi connectivity index (χ1n) is 4.97. The topological polar surface area (TPSA) is 44.9 Å². The number of aromatic nitrogens is 1. The average Bonchev–Trinajstić information content (AvgIpc) is 2.69. The third-order valence-electron chi connectivity index (χ3n) is 2.51. The average molecular weight is 241 g/mol. The van der Waals surface area contributed by atoms with Crippen LogP contribution in [0.3, 0.4) is 0 Å². The second-order valence-corrected chi connectivity index (χ2v) is 3.65. The van der Waals surface area contributed by atoms with Gasteiger partial charge in [0.05, 0.1) is 0 Å². The lowest BCUT2D eigenvalue weighted by Gasteiger charge is -2.15. The Hall–Kier alpha value is -1.92. The molecule has 17 heavy (non-hydrogen) atoms. The Morgan fingerprint density at radius 1 is 1.35 bits per heavy atom. The van der Waals surface area contributed by atoms with E-state index in [1.54, 1.807) is 0 Å². The largest absolute Gasteiger partial charge is 0.511 e. The van der Waals surface area contributed by atoms with E-state index < -0.39 is 18.3 Å². The molecule has 0 aliphatic carbocycles. The minimum atomic E-state index is -5.09. The molecule has 7 heteroatoms. The number of hydrogen-bond donors (Lipinski definition) is 2. The van der Waals surface area contributed by atoms with Gasteiger partial charge in [0, 0.05) is 12.6 Å². The molecule has 0 unspecified atom stereocenters. The molecule has 0 aliphatic rings. The summed E-state index contributed by atoms with van der Waals surface area (Å²) in [7, 11) is 1.42. The van der Waals surface area contributed by atoms with Crippen LogP contribution >= 0.6 is 0 Å². The Balaban J connectivity index is 2.65. The summed E-state index contributed by atoms with van der Waals surface area (Å²) in [5.41, 5.74) is -0.633. The van der Waals surface area contributed by atoms with E-state index in [0.29, 0.717) is 5.39 Å². The van der Waals surface area contributed by atoms with Crippen molar-refractivity contribution in [2.24, 2.45) is 0 Å². The number of fused-ring (bicyclic) bond motifs is 1. The fourth-order valence-corrected chi connectivity index (χ4v) is 1.71. The predicted octanol–water partition coefficient (Wildman–Crippen LogP) is 1.58. The van der Waals surface area contributed by atoms with Gasteiger partial charge in [-0.3, -0.25) is 4.79 Å². The van der Waals surface area contributed by atoms with Crippen molar-refractivity contribution < 1.29 is 17.7 Å². The number of amides is 1. The van der Waals surface area contributed by atoms with Crippen molar-refractivity contribution in [3.63, 3.8) is 0 Å². The minimum absolute atomic E-state index is 0.0430. The Morgan fingerprint density at radius 2 is 2.06 bits per heavy atom. The van der Waals surface area contributed by atoms with Crippen LogP contribution in [-0.2, 0) is 0 Å². The Labute approximate surface area is 95.1 Å². The zero-order valence-electron chi connectivity index (χ0n) is 8.93. The summed E-state index contributed by atoms with van der Waals surface area (Å²) >= 11 is 0. The van der Waals surface area contributed by atoms with E-state index in [1.165, 1.54) is 25.2 Å². The molecule has 1 aromatic carbocycles. The molecule has 0 spiro atoms. The zero-order valence-corrected chi connectivity index (χ0v) is 8.93. The second-order valence-electron chi connectivity index (χ2n) is 3.65. The molecule has 0 aliphatic heterocycles. The van der Waals surface area contributed by atoms with Gasteiger partial charge in [0.2, 0.25) is 0 Å². The van der Waals surface area contributed by atoms with Crippen LogP contribution in [0.1, 0.15) is 10.5 Å². The van der Waals surface area contributed by atoms with Gasteiger partial charge in [0.25, 0.3) is 5.91 Å². The van der Waals surface area contributed by atoms with E-state index in [9.17, 15) is 17.7 Å². The van der Waals surface area contributed by atoms with Crippen LogP contribution in [0.15, 0.2) is 24.3 Å². The van der Waals surface area contributed by atoms with Crippen molar-refractivity contribution in [2.75, 3.05) is 7.05 Å². The van der Waals surface area contributed by atoms with Gasteiger partial charge < -0.3 is 23.2 Å². The molecule has 0 bridgehead atoms. The molecular formula is C10H9BF3N2O-. The maximum atomic E-state index is 12.8. The highest BCUT2D eigenvalue weighted by molar-refractivity contribution is 6.75. The molecule has 2 N–H and O–H groups in total. The van der Waals surface area contributed by atoms with Crippen molar-refractivity contribution in [2.45, 2.75) is 0 Å². The van der Waals surface area contributed by atoms with Crippen LogP contribution in [0, 0.1) is 0 Å². The number of hydrogen-bond acceptors (Lipinski definition) is 1. The number of nitrogens with one attached hydrogen (secondary N) is 2. The van der Waals surface area contributed by atoms with Gasteiger partial charge >= 0.3 is 6.98 Å². The fourth-order valence-electron chi connectivity index (χ4n) is 1.71. The predicted molar refractivity (Wildman–Crippen MR) is 60.4 cm³/mol. The molecule has 0 saturated heterocycles. The quantitative estimate of drug-likeness (QED) is 0.770. The molecule has 90 valence electrons. The smallest absolute Gasteiger partial charge is 0.445 e. The van der Waals surface area contributed by atoms with E-state index in [1.807, 2.05) is 0 Å². The Bertz CT molecular complexity index is 576. The van der Waals surface area contributed by atoms with Crippen LogP contribution < -0.4 is 10.8 Å². The van der Waals surface area contributed by atoms with E-state index >= 15 is 0 Å². The first-order chi connectivity index (χ1) is 7.93. The number of benzene rings is 1. The number of H-pyrrole nitrogens is 1. The number of aromatic amines is 1. The molecule has 0 saturated carbocycles. The SMILES string of the molecule is CNC(=O)c1cc2cccc([B-](F)(F)F)c2[nH]1. The molecule has 0 radical (unpaired) electrons. The van der Waals surface area contributed by atoms with Crippen molar-refractivity contribution in [3.8, 4) is 0 Å². The minimum Gasteiger partial charge on any atom is -0.445 e. The lowest BCUT2D eigenvalue weighted by Crippen LogP contribution is -2.34. The van der Waals surface area contributed by atoms with Gasteiger partial charge in [0.15, 0.2) is 0 Å². The molecule has 0 atom stereocenters. The van der Waals surface area contributed by atoms with Crippen LogP contribution in [0.5, 0.6) is 0 Å². The highest BCUT2D eigenvalue weighted by atomic mass is 19.4. The monoisotopic (exact) mass is 241 g/mol. The fraction of sp³-hybridized carbons (Fsp3) is 0.100. The van der Waals surface area contributed by atoms with Gasteiger partial charge in [-0.05, 0) is 11.5 Å². The zero-order chi connectivity index (χ0) is 12.6. The number of rotatable bonds is 2. The summed E-state index contributed by atoms with van der Waals surface area (Å²) in [6, 6.07) is 5.27. The third-order valence-corrected chi connectivity index (χ3v) is 2.51. The highest BCUT2D eigenvalue weighted by Gasteiger charge is 2.28.